The van der Waals surface area contributed by atoms with Crippen molar-refractivity contribution in [1.82, 2.24) is 4.90 Å². The minimum atomic E-state index is -0.905. The third-order valence-corrected chi connectivity index (χ3v) is 2.85. The first-order chi connectivity index (χ1) is 7.65. The molecule has 0 radical (unpaired) electrons. The van der Waals surface area contributed by atoms with Gasteiger partial charge in [-0.1, -0.05) is 18.2 Å². The van der Waals surface area contributed by atoms with E-state index in [2.05, 4.69) is 24.1 Å². The van der Waals surface area contributed by atoms with Gasteiger partial charge < -0.3 is 10.0 Å². The van der Waals surface area contributed by atoms with E-state index in [0.29, 0.717) is 0 Å². The number of carboxylic acid groups (broad SMARTS) is 1. The van der Waals surface area contributed by atoms with Crippen LogP contribution in [0.15, 0.2) is 24.3 Å². The Bertz CT molecular complexity index is 438. The normalized spacial score (nSPS) is 16.3. The highest BCUT2D eigenvalue weighted by Crippen LogP contribution is 2.19. The molecule has 1 aliphatic rings. The molecule has 3 nitrogen and oxygen atoms in total. The summed E-state index contributed by atoms with van der Waals surface area (Å²) >= 11 is 0. The van der Waals surface area contributed by atoms with E-state index < -0.39 is 5.97 Å². The third kappa shape index (κ3) is 2.49. The molecular weight excluding hydrogens is 202 g/mol. The Kier molecular flexibility index (Phi) is 3.06. The monoisotopic (exact) mass is 217 g/mol. The number of rotatable bonds is 2. The Morgan fingerprint density at radius 2 is 2.25 bits per heavy atom. The minimum Gasteiger partial charge on any atom is -0.478 e. The first-order valence-corrected chi connectivity index (χ1v) is 5.36. The second-order valence-electron chi connectivity index (χ2n) is 4.19. The minimum absolute atomic E-state index is 0.905. The molecule has 1 heterocycles. The zero-order chi connectivity index (χ0) is 11.5. The standard InChI is InChI=1S/C13H15NO2/c1-14-7-6-11-8-10(3-5-13(15)16)2-4-12(11)9-14/h2-5,8H,6-7,9H2,1H3,(H,15,16)/b5-3+. The fraction of sp³-hybridized carbons (Fsp3) is 0.308. The van der Waals surface area contributed by atoms with Crippen LogP contribution in [-0.2, 0) is 17.8 Å². The molecule has 1 aliphatic heterocycles. The number of aliphatic carboxylic acids is 1. The summed E-state index contributed by atoms with van der Waals surface area (Å²) in [5.41, 5.74) is 3.65. The van der Waals surface area contributed by atoms with Crippen LogP contribution in [0, 0.1) is 0 Å². The maximum absolute atomic E-state index is 10.4. The Labute approximate surface area is 95.0 Å². The van der Waals surface area contributed by atoms with Gasteiger partial charge in [0.25, 0.3) is 0 Å². The van der Waals surface area contributed by atoms with Crippen LogP contribution in [0.3, 0.4) is 0 Å². The van der Waals surface area contributed by atoms with Crippen molar-refractivity contribution in [2.75, 3.05) is 13.6 Å². The van der Waals surface area contributed by atoms with Crippen molar-refractivity contribution in [3.63, 3.8) is 0 Å². The highest BCUT2D eigenvalue weighted by atomic mass is 16.4. The quantitative estimate of drug-likeness (QED) is 0.767. The second-order valence-corrected chi connectivity index (χ2v) is 4.19. The number of fused-ring (bicyclic) bond motifs is 1. The average molecular weight is 217 g/mol. The highest BCUT2D eigenvalue weighted by molar-refractivity contribution is 5.85. The average Bonchev–Trinajstić information content (AvgIpc) is 2.26. The summed E-state index contributed by atoms with van der Waals surface area (Å²) in [4.78, 5) is 12.7. The number of hydrogen-bond acceptors (Lipinski definition) is 2. The molecule has 0 aliphatic carbocycles. The van der Waals surface area contributed by atoms with Crippen LogP contribution in [0.1, 0.15) is 16.7 Å². The summed E-state index contributed by atoms with van der Waals surface area (Å²) in [5, 5.41) is 8.55. The zero-order valence-electron chi connectivity index (χ0n) is 9.31. The lowest BCUT2D eigenvalue weighted by atomic mass is 9.97. The fourth-order valence-electron chi connectivity index (χ4n) is 1.99. The molecule has 0 amide bonds. The lowest BCUT2D eigenvalue weighted by Crippen LogP contribution is -2.26. The van der Waals surface area contributed by atoms with Crippen molar-refractivity contribution in [3.8, 4) is 0 Å². The Balaban J connectivity index is 2.23. The number of nitrogens with zero attached hydrogens (tertiary/aromatic N) is 1. The van der Waals surface area contributed by atoms with Gasteiger partial charge in [-0.05, 0) is 36.2 Å². The van der Waals surface area contributed by atoms with E-state index in [0.717, 1.165) is 25.1 Å². The molecule has 84 valence electrons. The first-order valence-electron chi connectivity index (χ1n) is 5.36. The largest absolute Gasteiger partial charge is 0.478 e. The van der Waals surface area contributed by atoms with Crippen LogP contribution in [0.4, 0.5) is 0 Å². The lowest BCUT2D eigenvalue weighted by Gasteiger charge is -2.25. The molecule has 0 saturated carbocycles. The van der Waals surface area contributed by atoms with Gasteiger partial charge in [-0.2, -0.15) is 0 Å². The van der Waals surface area contributed by atoms with Crippen LogP contribution >= 0.6 is 0 Å². The second kappa shape index (κ2) is 4.49. The summed E-state index contributed by atoms with van der Waals surface area (Å²) < 4.78 is 0. The predicted octanol–water partition coefficient (Wildman–Crippen LogP) is 1.77. The Morgan fingerprint density at radius 3 is 3.00 bits per heavy atom. The SMILES string of the molecule is CN1CCc2cc(/C=C/C(=O)O)ccc2C1. The van der Waals surface area contributed by atoms with Crippen molar-refractivity contribution in [2.45, 2.75) is 13.0 Å². The van der Waals surface area contributed by atoms with Gasteiger partial charge >= 0.3 is 5.97 Å². The zero-order valence-corrected chi connectivity index (χ0v) is 9.31. The van der Waals surface area contributed by atoms with Gasteiger partial charge in [0.1, 0.15) is 0 Å². The molecule has 2 rings (SSSR count). The summed E-state index contributed by atoms with van der Waals surface area (Å²) in [6, 6.07) is 6.14. The number of carboxylic acids is 1. The van der Waals surface area contributed by atoms with Crippen LogP contribution in [0.5, 0.6) is 0 Å². The van der Waals surface area contributed by atoms with Gasteiger partial charge in [0, 0.05) is 19.2 Å². The molecule has 1 aromatic carbocycles. The summed E-state index contributed by atoms with van der Waals surface area (Å²) in [6.45, 7) is 2.05. The smallest absolute Gasteiger partial charge is 0.328 e. The number of benzene rings is 1. The molecule has 0 bridgehead atoms. The van der Waals surface area contributed by atoms with Gasteiger partial charge in [0.05, 0.1) is 0 Å². The maximum Gasteiger partial charge on any atom is 0.328 e. The Hall–Kier alpha value is -1.61. The van der Waals surface area contributed by atoms with Crippen LogP contribution in [0.25, 0.3) is 6.08 Å². The molecule has 1 aromatic rings. The van der Waals surface area contributed by atoms with Gasteiger partial charge in [-0.15, -0.1) is 0 Å². The molecule has 16 heavy (non-hydrogen) atoms. The molecule has 0 atom stereocenters. The fourth-order valence-corrected chi connectivity index (χ4v) is 1.99. The lowest BCUT2D eigenvalue weighted by molar-refractivity contribution is -0.131. The number of carbonyl (C=O) groups is 1. The van der Waals surface area contributed by atoms with Gasteiger partial charge in [-0.3, -0.25) is 0 Å². The first kappa shape index (κ1) is 10.9. The third-order valence-electron chi connectivity index (χ3n) is 2.85. The van der Waals surface area contributed by atoms with E-state index in [9.17, 15) is 4.79 Å². The van der Waals surface area contributed by atoms with Crippen molar-refractivity contribution in [3.05, 3.63) is 41.0 Å². The van der Waals surface area contributed by atoms with E-state index >= 15 is 0 Å². The topological polar surface area (TPSA) is 40.5 Å². The molecule has 1 N–H and O–H groups in total. The molecule has 0 fully saturated rings. The molecule has 3 heteroatoms. The summed E-state index contributed by atoms with van der Waals surface area (Å²) in [6.07, 6.45) is 3.86. The number of hydrogen-bond donors (Lipinski definition) is 1. The molecule has 0 spiro atoms. The van der Waals surface area contributed by atoms with E-state index in [1.807, 2.05) is 6.07 Å². The summed E-state index contributed by atoms with van der Waals surface area (Å²) in [7, 11) is 2.11. The van der Waals surface area contributed by atoms with Crippen LogP contribution < -0.4 is 0 Å². The molecule has 0 saturated heterocycles. The molecule has 0 unspecified atom stereocenters. The highest BCUT2D eigenvalue weighted by Gasteiger charge is 2.12. The van der Waals surface area contributed by atoms with E-state index in [1.165, 1.54) is 17.2 Å². The van der Waals surface area contributed by atoms with Gasteiger partial charge in [0.15, 0.2) is 0 Å². The van der Waals surface area contributed by atoms with Gasteiger partial charge in [0.2, 0.25) is 0 Å². The van der Waals surface area contributed by atoms with Crippen molar-refractivity contribution < 1.29 is 9.90 Å². The van der Waals surface area contributed by atoms with E-state index in [-0.39, 0.29) is 0 Å². The molecular formula is C13H15NO2. The van der Waals surface area contributed by atoms with Crippen molar-refractivity contribution in [1.29, 1.82) is 0 Å². The van der Waals surface area contributed by atoms with Crippen molar-refractivity contribution >= 4 is 12.0 Å². The maximum atomic E-state index is 10.4. The van der Waals surface area contributed by atoms with E-state index in [4.69, 9.17) is 5.11 Å². The Morgan fingerprint density at radius 1 is 1.44 bits per heavy atom. The van der Waals surface area contributed by atoms with Gasteiger partial charge in [-0.25, -0.2) is 4.79 Å². The molecule has 0 aromatic heterocycles. The van der Waals surface area contributed by atoms with E-state index in [1.54, 1.807) is 6.08 Å². The summed E-state index contributed by atoms with van der Waals surface area (Å²) in [5.74, 6) is -0.905. The predicted molar refractivity (Wildman–Crippen MR) is 63.1 cm³/mol. The number of likely N-dealkylation sites (N-methyl/N-ethyl adjacent to an activating group) is 1. The van der Waals surface area contributed by atoms with Crippen LogP contribution in [-0.4, -0.2) is 29.6 Å². The van der Waals surface area contributed by atoms with Crippen LogP contribution in [0.2, 0.25) is 0 Å². The van der Waals surface area contributed by atoms with Crippen molar-refractivity contribution in [2.24, 2.45) is 0 Å².